The van der Waals surface area contributed by atoms with Crippen LogP contribution >= 0.6 is 11.6 Å². The molecule has 0 spiro atoms. The topological polar surface area (TPSA) is 86.3 Å². The molecule has 0 fully saturated rings. The highest BCUT2D eigenvalue weighted by Crippen LogP contribution is 2.26. The van der Waals surface area contributed by atoms with Gasteiger partial charge in [0.2, 0.25) is 0 Å². The zero-order valence-electron chi connectivity index (χ0n) is 16.2. The molecule has 2 aromatic carbocycles. The third-order valence-corrected chi connectivity index (χ3v) is 4.76. The van der Waals surface area contributed by atoms with Crippen molar-refractivity contribution in [1.82, 2.24) is 9.88 Å². The van der Waals surface area contributed by atoms with Gasteiger partial charge in [-0.15, -0.1) is 0 Å². The van der Waals surface area contributed by atoms with Crippen LogP contribution in [0.1, 0.15) is 16.8 Å². The molecule has 0 aliphatic heterocycles. The van der Waals surface area contributed by atoms with E-state index in [-0.39, 0.29) is 35.2 Å². The first-order valence-electron chi connectivity index (χ1n) is 8.98. The highest BCUT2D eigenvalue weighted by Gasteiger charge is 2.17. The van der Waals surface area contributed by atoms with Crippen molar-refractivity contribution in [3.8, 4) is 11.4 Å². The number of carbonyl (C=O) groups is 1. The van der Waals surface area contributed by atoms with Gasteiger partial charge in [-0.1, -0.05) is 17.7 Å². The second kappa shape index (κ2) is 9.13. The summed E-state index contributed by atoms with van der Waals surface area (Å²) in [6.07, 6.45) is 0. The van der Waals surface area contributed by atoms with Gasteiger partial charge in [-0.2, -0.15) is 0 Å². The van der Waals surface area contributed by atoms with Gasteiger partial charge in [-0.3, -0.25) is 9.36 Å². The Hall–Kier alpha value is -3.46. The second-order valence-electron chi connectivity index (χ2n) is 6.63. The third kappa shape index (κ3) is 5.00. The van der Waals surface area contributed by atoms with Crippen LogP contribution in [0, 0.1) is 24.4 Å². The summed E-state index contributed by atoms with van der Waals surface area (Å²) in [5, 5.41) is 2.04. The van der Waals surface area contributed by atoms with E-state index in [1.54, 1.807) is 0 Å². The van der Waals surface area contributed by atoms with Crippen LogP contribution < -0.4 is 21.3 Å². The van der Waals surface area contributed by atoms with E-state index in [9.17, 15) is 22.8 Å². The molecular weight excluding hydrogens is 435 g/mol. The smallest absolute Gasteiger partial charge is 0.312 e. The Kier molecular flexibility index (Phi) is 6.55. The minimum atomic E-state index is -0.801. The normalized spacial score (nSPS) is 10.7. The lowest BCUT2D eigenvalue weighted by Gasteiger charge is -2.16. The number of aromatic nitrogens is 1. The summed E-state index contributed by atoms with van der Waals surface area (Å²) in [5.74, 6) is -2.25. The molecule has 3 rings (SSSR count). The van der Waals surface area contributed by atoms with E-state index < -0.39 is 29.0 Å². The van der Waals surface area contributed by atoms with Gasteiger partial charge in [0.05, 0.1) is 5.69 Å². The maximum absolute atomic E-state index is 14.5. The highest BCUT2D eigenvalue weighted by atomic mass is 35.5. The molecular formula is C21H17ClF3N3O3. The molecule has 31 heavy (non-hydrogen) atoms. The number of halogens is 4. The average Bonchev–Trinajstić information content (AvgIpc) is 2.71. The summed E-state index contributed by atoms with van der Waals surface area (Å²) in [7, 11) is 0. The first-order chi connectivity index (χ1) is 14.7. The molecule has 3 N–H and O–H groups in total. The molecule has 0 aliphatic carbocycles. The number of ether oxygens (including phenoxy) is 1. The molecule has 162 valence electrons. The Balaban J connectivity index is 1.94. The van der Waals surface area contributed by atoms with Gasteiger partial charge in [0, 0.05) is 29.9 Å². The van der Waals surface area contributed by atoms with E-state index in [1.165, 1.54) is 31.2 Å². The first-order valence-corrected chi connectivity index (χ1v) is 9.36. The summed E-state index contributed by atoms with van der Waals surface area (Å²) >= 11 is 6.14. The van der Waals surface area contributed by atoms with Crippen LogP contribution in [0.4, 0.5) is 18.0 Å². The van der Waals surface area contributed by atoms with Crippen molar-refractivity contribution in [2.75, 3.05) is 0 Å². The Morgan fingerprint density at radius 1 is 1.13 bits per heavy atom. The molecule has 0 saturated carbocycles. The minimum Gasteiger partial charge on any atom is -0.487 e. The number of amides is 2. The number of nitrogens with two attached hydrogens (primary N) is 1. The van der Waals surface area contributed by atoms with Gasteiger partial charge in [0.25, 0.3) is 5.56 Å². The van der Waals surface area contributed by atoms with Gasteiger partial charge in [0.15, 0.2) is 0 Å². The van der Waals surface area contributed by atoms with E-state index >= 15 is 0 Å². The number of carbonyl (C=O) groups excluding carboxylic acids is 1. The second-order valence-corrected chi connectivity index (χ2v) is 7.01. The van der Waals surface area contributed by atoms with Crippen molar-refractivity contribution in [2.24, 2.45) is 5.73 Å². The fourth-order valence-corrected chi connectivity index (χ4v) is 3.10. The lowest BCUT2D eigenvalue weighted by Crippen LogP contribution is -2.29. The monoisotopic (exact) mass is 451 g/mol. The molecule has 0 radical (unpaired) electrons. The molecule has 0 atom stereocenters. The fourth-order valence-electron chi connectivity index (χ4n) is 2.91. The number of benzene rings is 2. The largest absolute Gasteiger partial charge is 0.487 e. The molecule has 0 aliphatic rings. The van der Waals surface area contributed by atoms with E-state index in [1.807, 2.05) is 0 Å². The number of hydrogen-bond acceptors (Lipinski definition) is 3. The number of aryl methyl sites for hydroxylation is 1. The standard InChI is InChI=1S/C21H17ClF3N3O3/c1-11-6-18(31-10-13-3-4-14(23)8-16(13)25)19(22)20(29)28(11)17-7-12(2-5-15(17)24)9-27-21(26)30/h2-8H,9-10H2,1H3,(H3,26,27,30). The Morgan fingerprint density at radius 2 is 1.87 bits per heavy atom. The van der Waals surface area contributed by atoms with Crippen LogP contribution in [0.2, 0.25) is 5.02 Å². The van der Waals surface area contributed by atoms with Crippen LogP contribution in [-0.4, -0.2) is 10.6 Å². The highest BCUT2D eigenvalue weighted by molar-refractivity contribution is 6.31. The van der Waals surface area contributed by atoms with Gasteiger partial charge < -0.3 is 15.8 Å². The van der Waals surface area contributed by atoms with Gasteiger partial charge >= 0.3 is 6.03 Å². The Morgan fingerprint density at radius 3 is 2.55 bits per heavy atom. The lowest BCUT2D eigenvalue weighted by molar-refractivity contribution is 0.248. The predicted octanol–water partition coefficient (Wildman–Crippen LogP) is 3.96. The summed E-state index contributed by atoms with van der Waals surface area (Å²) in [6, 6.07) is 7.63. The maximum atomic E-state index is 14.5. The maximum Gasteiger partial charge on any atom is 0.312 e. The molecule has 2 amide bonds. The summed E-state index contributed by atoms with van der Waals surface area (Å²) < 4.78 is 47.8. The fraction of sp³-hybridized carbons (Fsp3) is 0.143. The summed E-state index contributed by atoms with van der Waals surface area (Å²) in [6.45, 7) is 1.28. The Labute approximate surface area is 180 Å². The molecule has 1 aromatic heterocycles. The van der Waals surface area contributed by atoms with Gasteiger partial charge in [-0.05, 0) is 36.8 Å². The average molecular weight is 452 g/mol. The molecule has 10 heteroatoms. The minimum absolute atomic E-state index is 0.0314. The van der Waals surface area contributed by atoms with Crippen LogP contribution in [0.25, 0.3) is 5.69 Å². The van der Waals surface area contributed by atoms with Crippen LogP contribution in [-0.2, 0) is 13.2 Å². The van der Waals surface area contributed by atoms with E-state index in [4.69, 9.17) is 22.1 Å². The summed E-state index contributed by atoms with van der Waals surface area (Å²) in [5.41, 5.74) is 5.07. The van der Waals surface area contributed by atoms with Crippen molar-refractivity contribution in [3.05, 3.63) is 92.1 Å². The quantitative estimate of drug-likeness (QED) is 0.594. The van der Waals surface area contributed by atoms with Crippen molar-refractivity contribution in [3.63, 3.8) is 0 Å². The molecule has 0 bridgehead atoms. The zero-order chi connectivity index (χ0) is 22.7. The van der Waals surface area contributed by atoms with Crippen LogP contribution in [0.3, 0.4) is 0 Å². The zero-order valence-corrected chi connectivity index (χ0v) is 17.0. The third-order valence-electron chi connectivity index (χ3n) is 4.42. The van der Waals surface area contributed by atoms with Crippen LogP contribution in [0.15, 0.2) is 47.3 Å². The van der Waals surface area contributed by atoms with Gasteiger partial charge in [-0.25, -0.2) is 18.0 Å². The van der Waals surface area contributed by atoms with E-state index in [0.29, 0.717) is 17.3 Å². The first kappa shape index (κ1) is 22.2. The van der Waals surface area contributed by atoms with Crippen LogP contribution in [0.5, 0.6) is 5.75 Å². The van der Waals surface area contributed by atoms with E-state index in [2.05, 4.69) is 5.32 Å². The molecule has 6 nitrogen and oxygen atoms in total. The number of nitrogens with one attached hydrogen (secondary N) is 1. The SMILES string of the molecule is Cc1cc(OCc2ccc(F)cc2F)c(Cl)c(=O)n1-c1cc(CNC(N)=O)ccc1F. The van der Waals surface area contributed by atoms with E-state index in [0.717, 1.165) is 16.7 Å². The number of urea groups is 1. The van der Waals surface area contributed by atoms with Crippen molar-refractivity contribution >= 4 is 17.6 Å². The lowest BCUT2D eigenvalue weighted by atomic mass is 10.1. The molecule has 1 heterocycles. The number of rotatable bonds is 6. The molecule has 0 unspecified atom stereocenters. The number of pyridine rings is 1. The number of hydrogen-bond donors (Lipinski definition) is 2. The van der Waals surface area contributed by atoms with Crippen molar-refractivity contribution in [2.45, 2.75) is 20.1 Å². The Bertz CT molecular complexity index is 1210. The number of primary amides is 1. The predicted molar refractivity (Wildman–Crippen MR) is 109 cm³/mol. The van der Waals surface area contributed by atoms with Gasteiger partial charge in [0.1, 0.15) is 34.8 Å². The number of nitrogens with zero attached hydrogens (tertiary/aromatic N) is 1. The summed E-state index contributed by atoms with van der Waals surface area (Å²) in [4.78, 5) is 23.7. The van der Waals surface area contributed by atoms with Crippen molar-refractivity contribution in [1.29, 1.82) is 0 Å². The molecule has 3 aromatic rings. The van der Waals surface area contributed by atoms with Crippen molar-refractivity contribution < 1.29 is 22.7 Å². The molecule has 0 saturated heterocycles.